The molecule has 3 rings (SSSR count). The minimum absolute atomic E-state index is 0.0165. The van der Waals surface area contributed by atoms with Crippen LogP contribution < -0.4 is 4.90 Å². The Balaban J connectivity index is 1.61. The molecule has 1 aliphatic heterocycles. The van der Waals surface area contributed by atoms with Crippen LogP contribution in [0.25, 0.3) is 0 Å². The van der Waals surface area contributed by atoms with Crippen LogP contribution in [0, 0.1) is 12.8 Å². The van der Waals surface area contributed by atoms with Gasteiger partial charge in [-0.05, 0) is 51.0 Å². The van der Waals surface area contributed by atoms with Crippen LogP contribution in [-0.4, -0.2) is 36.3 Å². The van der Waals surface area contributed by atoms with Crippen LogP contribution in [0.2, 0.25) is 0 Å². The molecule has 0 saturated carbocycles. The molecule has 0 N–H and O–H groups in total. The third kappa shape index (κ3) is 3.96. The standard InChI is InChI=1S/C22H26N2O2/c1-3-24(20-7-5-4-6-8-20)22(26)19-13-15-23(16-14-19)21(25)18-11-9-17(2)10-12-18/h4-12,19H,3,13-16H2,1-2H3. The van der Waals surface area contributed by atoms with Gasteiger partial charge in [-0.2, -0.15) is 0 Å². The van der Waals surface area contributed by atoms with E-state index in [2.05, 4.69) is 0 Å². The minimum atomic E-state index is -0.0165. The average molecular weight is 350 g/mol. The highest BCUT2D eigenvalue weighted by molar-refractivity contribution is 5.96. The molecule has 0 aromatic heterocycles. The lowest BCUT2D eigenvalue weighted by Crippen LogP contribution is -2.44. The molecule has 2 amide bonds. The Labute approximate surface area is 155 Å². The average Bonchev–Trinajstić information content (AvgIpc) is 2.69. The Morgan fingerprint density at radius 3 is 2.19 bits per heavy atom. The molecule has 0 bridgehead atoms. The van der Waals surface area contributed by atoms with Gasteiger partial charge >= 0.3 is 0 Å². The van der Waals surface area contributed by atoms with E-state index >= 15 is 0 Å². The van der Waals surface area contributed by atoms with Gasteiger partial charge in [0.2, 0.25) is 5.91 Å². The molecule has 1 heterocycles. The van der Waals surface area contributed by atoms with E-state index in [1.165, 1.54) is 0 Å². The molecular formula is C22H26N2O2. The van der Waals surface area contributed by atoms with E-state index in [9.17, 15) is 9.59 Å². The number of amides is 2. The summed E-state index contributed by atoms with van der Waals surface area (Å²) in [7, 11) is 0. The maximum Gasteiger partial charge on any atom is 0.253 e. The second-order valence-corrected chi connectivity index (χ2v) is 6.85. The van der Waals surface area contributed by atoms with Gasteiger partial charge in [0.05, 0.1) is 0 Å². The van der Waals surface area contributed by atoms with Gasteiger partial charge in [0.1, 0.15) is 0 Å². The van der Waals surface area contributed by atoms with Crippen LogP contribution in [0.5, 0.6) is 0 Å². The third-order valence-corrected chi connectivity index (χ3v) is 5.08. The Kier molecular flexibility index (Phi) is 5.71. The van der Waals surface area contributed by atoms with Crippen molar-refractivity contribution in [3.8, 4) is 0 Å². The summed E-state index contributed by atoms with van der Waals surface area (Å²) in [5.74, 6) is 0.213. The van der Waals surface area contributed by atoms with E-state index in [1.54, 1.807) is 0 Å². The lowest BCUT2D eigenvalue weighted by molar-refractivity contribution is -0.123. The van der Waals surface area contributed by atoms with Crippen LogP contribution in [0.3, 0.4) is 0 Å². The van der Waals surface area contributed by atoms with Gasteiger partial charge in [-0.1, -0.05) is 35.9 Å². The van der Waals surface area contributed by atoms with Gasteiger partial charge in [0, 0.05) is 36.8 Å². The highest BCUT2D eigenvalue weighted by atomic mass is 16.2. The predicted octanol–water partition coefficient (Wildman–Crippen LogP) is 3.90. The minimum Gasteiger partial charge on any atom is -0.339 e. The summed E-state index contributed by atoms with van der Waals surface area (Å²) in [5, 5.41) is 0. The maximum absolute atomic E-state index is 12.9. The topological polar surface area (TPSA) is 40.6 Å². The molecule has 0 aliphatic carbocycles. The number of piperidine rings is 1. The van der Waals surface area contributed by atoms with Crippen molar-refractivity contribution in [2.45, 2.75) is 26.7 Å². The number of anilines is 1. The Morgan fingerprint density at radius 2 is 1.62 bits per heavy atom. The molecule has 136 valence electrons. The van der Waals surface area contributed by atoms with Gasteiger partial charge in [0.15, 0.2) is 0 Å². The van der Waals surface area contributed by atoms with Crippen molar-refractivity contribution in [3.63, 3.8) is 0 Å². The molecule has 2 aromatic carbocycles. The Bertz CT molecular complexity index is 747. The van der Waals surface area contributed by atoms with Gasteiger partial charge in [-0.15, -0.1) is 0 Å². The SMILES string of the molecule is CCN(C(=O)C1CCN(C(=O)c2ccc(C)cc2)CC1)c1ccccc1. The number of rotatable bonds is 4. The summed E-state index contributed by atoms with van der Waals surface area (Å²) < 4.78 is 0. The molecular weight excluding hydrogens is 324 g/mol. The number of carbonyl (C=O) groups is 2. The summed E-state index contributed by atoms with van der Waals surface area (Å²) in [6.07, 6.45) is 1.44. The number of hydrogen-bond acceptors (Lipinski definition) is 2. The molecule has 0 atom stereocenters. The largest absolute Gasteiger partial charge is 0.339 e. The zero-order valence-electron chi connectivity index (χ0n) is 15.5. The molecule has 1 saturated heterocycles. The Hall–Kier alpha value is -2.62. The Morgan fingerprint density at radius 1 is 1.00 bits per heavy atom. The number of carbonyl (C=O) groups excluding carboxylic acids is 2. The van der Waals surface area contributed by atoms with Crippen LogP contribution >= 0.6 is 0 Å². The molecule has 4 nitrogen and oxygen atoms in total. The van der Waals surface area contributed by atoms with Gasteiger partial charge in [0.25, 0.3) is 5.91 Å². The number of benzene rings is 2. The molecule has 1 aliphatic rings. The summed E-state index contributed by atoms with van der Waals surface area (Å²) >= 11 is 0. The highest BCUT2D eigenvalue weighted by Gasteiger charge is 2.30. The second-order valence-electron chi connectivity index (χ2n) is 6.85. The van der Waals surface area contributed by atoms with E-state index in [4.69, 9.17) is 0 Å². The fourth-order valence-corrected chi connectivity index (χ4v) is 3.50. The first-order valence-electron chi connectivity index (χ1n) is 9.32. The summed E-state index contributed by atoms with van der Waals surface area (Å²) in [4.78, 5) is 29.3. The molecule has 0 unspecified atom stereocenters. The van der Waals surface area contributed by atoms with Crippen LogP contribution in [0.15, 0.2) is 54.6 Å². The van der Waals surface area contributed by atoms with Gasteiger partial charge in [-0.25, -0.2) is 0 Å². The number of hydrogen-bond donors (Lipinski definition) is 0. The molecule has 0 radical (unpaired) electrons. The quantitative estimate of drug-likeness (QED) is 0.839. The summed E-state index contributed by atoms with van der Waals surface area (Å²) in [5.41, 5.74) is 2.81. The van der Waals surface area contributed by atoms with Crippen molar-refractivity contribution in [1.82, 2.24) is 4.90 Å². The van der Waals surface area contributed by atoms with Crippen molar-refractivity contribution in [1.29, 1.82) is 0 Å². The molecule has 0 spiro atoms. The zero-order valence-corrected chi connectivity index (χ0v) is 15.5. The van der Waals surface area contributed by atoms with Gasteiger partial charge < -0.3 is 9.80 Å². The predicted molar refractivity (Wildman–Crippen MR) is 104 cm³/mol. The summed E-state index contributed by atoms with van der Waals surface area (Å²) in [6.45, 7) is 5.94. The lowest BCUT2D eigenvalue weighted by Gasteiger charge is -2.34. The highest BCUT2D eigenvalue weighted by Crippen LogP contribution is 2.24. The molecule has 2 aromatic rings. The number of likely N-dealkylation sites (tertiary alicyclic amines) is 1. The molecule has 26 heavy (non-hydrogen) atoms. The number of para-hydroxylation sites is 1. The number of aryl methyl sites for hydroxylation is 1. The van der Waals surface area contributed by atoms with E-state index in [1.807, 2.05) is 78.2 Å². The molecule has 1 fully saturated rings. The van der Waals surface area contributed by atoms with E-state index in [0.717, 1.165) is 29.7 Å². The van der Waals surface area contributed by atoms with Crippen molar-refractivity contribution in [2.24, 2.45) is 5.92 Å². The van der Waals surface area contributed by atoms with E-state index < -0.39 is 0 Å². The first-order chi connectivity index (χ1) is 12.6. The van der Waals surface area contributed by atoms with Gasteiger partial charge in [-0.3, -0.25) is 9.59 Å². The number of nitrogens with zero attached hydrogens (tertiary/aromatic N) is 2. The van der Waals surface area contributed by atoms with Crippen LogP contribution in [0.4, 0.5) is 5.69 Å². The first-order valence-corrected chi connectivity index (χ1v) is 9.32. The smallest absolute Gasteiger partial charge is 0.253 e. The van der Waals surface area contributed by atoms with Crippen molar-refractivity contribution >= 4 is 17.5 Å². The molecule has 4 heteroatoms. The van der Waals surface area contributed by atoms with Crippen molar-refractivity contribution < 1.29 is 9.59 Å². The van der Waals surface area contributed by atoms with Crippen molar-refractivity contribution in [2.75, 3.05) is 24.5 Å². The second kappa shape index (κ2) is 8.17. The first kappa shape index (κ1) is 18.2. The van der Waals surface area contributed by atoms with Crippen LogP contribution in [-0.2, 0) is 4.79 Å². The zero-order chi connectivity index (χ0) is 18.5. The summed E-state index contributed by atoms with van der Waals surface area (Å²) in [6, 6.07) is 17.5. The fraction of sp³-hybridized carbons (Fsp3) is 0.364. The lowest BCUT2D eigenvalue weighted by atomic mass is 9.94. The van der Waals surface area contributed by atoms with Crippen LogP contribution in [0.1, 0.15) is 35.7 Å². The van der Waals surface area contributed by atoms with Crippen molar-refractivity contribution in [3.05, 3.63) is 65.7 Å². The maximum atomic E-state index is 12.9. The fourth-order valence-electron chi connectivity index (χ4n) is 3.50. The normalized spacial score (nSPS) is 14.9. The van der Waals surface area contributed by atoms with E-state index in [0.29, 0.717) is 19.6 Å². The third-order valence-electron chi connectivity index (χ3n) is 5.08. The van der Waals surface area contributed by atoms with E-state index in [-0.39, 0.29) is 17.7 Å². The monoisotopic (exact) mass is 350 g/mol.